The molecule has 0 aliphatic carbocycles. The standard InChI is InChI=1S/C15H19F3N2O/c16-15(17,18)12-5-3-4-11(8-12)10-20-14(21)9-13-6-1-2-7-19-13/h3-5,8,13,19H,1-2,6-7,9-10H2,(H,20,21). The van der Waals surface area contributed by atoms with Crippen LogP contribution >= 0.6 is 0 Å². The smallest absolute Gasteiger partial charge is 0.352 e. The first-order chi connectivity index (χ1) is 9.95. The Morgan fingerprint density at radius 3 is 2.81 bits per heavy atom. The van der Waals surface area contributed by atoms with E-state index in [1.807, 2.05) is 0 Å². The molecule has 3 nitrogen and oxygen atoms in total. The lowest BCUT2D eigenvalue weighted by molar-refractivity contribution is -0.137. The average Bonchev–Trinajstić information content (AvgIpc) is 2.46. The van der Waals surface area contributed by atoms with Crippen molar-refractivity contribution in [1.82, 2.24) is 10.6 Å². The van der Waals surface area contributed by atoms with E-state index in [1.54, 1.807) is 6.07 Å². The summed E-state index contributed by atoms with van der Waals surface area (Å²) in [6, 6.07) is 5.21. The van der Waals surface area contributed by atoms with Gasteiger partial charge >= 0.3 is 6.18 Å². The lowest BCUT2D eigenvalue weighted by atomic mass is 10.0. The Kier molecular flexibility index (Phi) is 5.22. The van der Waals surface area contributed by atoms with Crippen molar-refractivity contribution >= 4 is 5.91 Å². The van der Waals surface area contributed by atoms with Crippen LogP contribution in [-0.4, -0.2) is 18.5 Å². The molecule has 0 aromatic heterocycles. The van der Waals surface area contributed by atoms with Crippen LogP contribution in [0.15, 0.2) is 24.3 Å². The van der Waals surface area contributed by atoms with Crippen LogP contribution in [0.25, 0.3) is 0 Å². The van der Waals surface area contributed by atoms with Gasteiger partial charge in [0.15, 0.2) is 0 Å². The van der Waals surface area contributed by atoms with Crippen molar-refractivity contribution in [3.8, 4) is 0 Å². The fourth-order valence-electron chi connectivity index (χ4n) is 2.45. The van der Waals surface area contributed by atoms with E-state index >= 15 is 0 Å². The predicted molar refractivity (Wildman–Crippen MR) is 73.5 cm³/mol. The molecule has 1 saturated heterocycles. The quantitative estimate of drug-likeness (QED) is 0.898. The molecule has 1 heterocycles. The Labute approximate surface area is 121 Å². The van der Waals surface area contributed by atoms with Gasteiger partial charge in [0.1, 0.15) is 0 Å². The molecule has 6 heteroatoms. The zero-order valence-corrected chi connectivity index (χ0v) is 11.7. The van der Waals surface area contributed by atoms with Crippen molar-refractivity contribution in [3.63, 3.8) is 0 Å². The summed E-state index contributed by atoms with van der Waals surface area (Å²) in [6.45, 7) is 1.04. The number of amides is 1. The van der Waals surface area contributed by atoms with E-state index in [-0.39, 0.29) is 18.5 Å². The normalized spacial score (nSPS) is 19.3. The van der Waals surface area contributed by atoms with Gasteiger partial charge in [-0.15, -0.1) is 0 Å². The van der Waals surface area contributed by atoms with Gasteiger partial charge in [0.25, 0.3) is 0 Å². The summed E-state index contributed by atoms with van der Waals surface area (Å²) in [6.07, 6.45) is -0.775. The van der Waals surface area contributed by atoms with Crippen LogP contribution in [0, 0.1) is 0 Å². The van der Waals surface area contributed by atoms with Crippen LogP contribution in [0.3, 0.4) is 0 Å². The summed E-state index contributed by atoms with van der Waals surface area (Å²) in [4.78, 5) is 11.8. The van der Waals surface area contributed by atoms with Crippen LogP contribution in [0.2, 0.25) is 0 Å². The molecule has 1 aromatic carbocycles. The van der Waals surface area contributed by atoms with E-state index in [9.17, 15) is 18.0 Å². The van der Waals surface area contributed by atoms with Gasteiger partial charge in [-0.25, -0.2) is 0 Å². The second kappa shape index (κ2) is 6.93. The summed E-state index contributed by atoms with van der Waals surface area (Å²) in [5.41, 5.74) is -0.238. The maximum absolute atomic E-state index is 12.6. The molecule has 21 heavy (non-hydrogen) atoms. The average molecular weight is 300 g/mol. The summed E-state index contributed by atoms with van der Waals surface area (Å²) in [7, 11) is 0. The molecule has 1 unspecified atom stereocenters. The first-order valence-corrected chi connectivity index (χ1v) is 7.11. The minimum Gasteiger partial charge on any atom is -0.352 e. The third-order valence-corrected chi connectivity index (χ3v) is 3.59. The van der Waals surface area contributed by atoms with E-state index in [4.69, 9.17) is 0 Å². The fraction of sp³-hybridized carbons (Fsp3) is 0.533. The number of hydrogen-bond acceptors (Lipinski definition) is 2. The molecule has 0 radical (unpaired) electrons. The maximum atomic E-state index is 12.6. The largest absolute Gasteiger partial charge is 0.416 e. The van der Waals surface area contributed by atoms with Crippen LogP contribution in [-0.2, 0) is 17.5 Å². The van der Waals surface area contributed by atoms with E-state index in [2.05, 4.69) is 10.6 Å². The highest BCUT2D eigenvalue weighted by atomic mass is 19.4. The molecule has 116 valence electrons. The zero-order valence-electron chi connectivity index (χ0n) is 11.7. The number of carbonyl (C=O) groups excluding carboxylic acids is 1. The summed E-state index contributed by atoms with van der Waals surface area (Å²) < 4.78 is 37.7. The fourth-order valence-corrected chi connectivity index (χ4v) is 2.45. The van der Waals surface area contributed by atoms with Crippen LogP contribution in [0.4, 0.5) is 13.2 Å². The third-order valence-electron chi connectivity index (χ3n) is 3.59. The Morgan fingerprint density at radius 1 is 1.33 bits per heavy atom. The molecule has 0 spiro atoms. The molecule has 0 saturated carbocycles. The second-order valence-corrected chi connectivity index (χ2v) is 5.33. The first kappa shape index (κ1) is 15.8. The van der Waals surface area contributed by atoms with Crippen molar-refractivity contribution in [2.75, 3.05) is 6.54 Å². The molecule has 1 aliphatic heterocycles. The molecule has 0 bridgehead atoms. The molecule has 1 aromatic rings. The van der Waals surface area contributed by atoms with Gasteiger partial charge in [-0.3, -0.25) is 4.79 Å². The molecule has 1 fully saturated rings. The third kappa shape index (κ3) is 5.04. The van der Waals surface area contributed by atoms with Gasteiger partial charge in [-0.05, 0) is 37.1 Å². The second-order valence-electron chi connectivity index (χ2n) is 5.33. The number of halogens is 3. The summed E-state index contributed by atoms with van der Waals surface area (Å²) >= 11 is 0. The first-order valence-electron chi connectivity index (χ1n) is 7.11. The van der Waals surface area contributed by atoms with Crippen LogP contribution in [0.5, 0.6) is 0 Å². The molecule has 2 rings (SSSR count). The Bertz CT molecular complexity index is 482. The summed E-state index contributed by atoms with van der Waals surface area (Å²) in [5.74, 6) is -0.133. The highest BCUT2D eigenvalue weighted by Crippen LogP contribution is 2.29. The number of hydrogen-bond donors (Lipinski definition) is 2. The monoisotopic (exact) mass is 300 g/mol. The van der Waals surface area contributed by atoms with E-state index < -0.39 is 11.7 Å². The van der Waals surface area contributed by atoms with Gasteiger partial charge in [0.2, 0.25) is 5.91 Å². The molecule has 1 aliphatic rings. The number of carbonyl (C=O) groups is 1. The number of benzene rings is 1. The van der Waals surface area contributed by atoms with Crippen molar-refractivity contribution < 1.29 is 18.0 Å². The maximum Gasteiger partial charge on any atom is 0.416 e. The molecular weight excluding hydrogens is 281 g/mol. The Morgan fingerprint density at radius 2 is 2.14 bits per heavy atom. The van der Waals surface area contributed by atoms with Gasteiger partial charge in [0, 0.05) is 19.0 Å². The van der Waals surface area contributed by atoms with Crippen molar-refractivity contribution in [2.45, 2.75) is 44.4 Å². The minimum atomic E-state index is -4.36. The van der Waals surface area contributed by atoms with Crippen molar-refractivity contribution in [3.05, 3.63) is 35.4 Å². The predicted octanol–water partition coefficient (Wildman–Crippen LogP) is 2.85. The number of rotatable bonds is 4. The van der Waals surface area contributed by atoms with E-state index in [1.165, 1.54) is 6.07 Å². The highest BCUT2D eigenvalue weighted by molar-refractivity contribution is 5.76. The Balaban J connectivity index is 1.83. The summed E-state index contributed by atoms with van der Waals surface area (Å²) in [5, 5.41) is 5.95. The molecule has 1 atom stereocenters. The van der Waals surface area contributed by atoms with Gasteiger partial charge in [-0.2, -0.15) is 13.2 Å². The lowest BCUT2D eigenvalue weighted by Crippen LogP contribution is -2.38. The van der Waals surface area contributed by atoms with Crippen molar-refractivity contribution in [2.24, 2.45) is 0 Å². The van der Waals surface area contributed by atoms with E-state index in [0.29, 0.717) is 12.0 Å². The number of alkyl halides is 3. The van der Waals surface area contributed by atoms with E-state index in [0.717, 1.165) is 37.9 Å². The number of piperidine rings is 1. The molecule has 1 amide bonds. The SMILES string of the molecule is O=C(CC1CCCCN1)NCc1cccc(C(F)(F)F)c1. The molecular formula is C15H19F3N2O. The minimum absolute atomic E-state index is 0.121. The molecule has 2 N–H and O–H groups in total. The zero-order chi connectivity index (χ0) is 15.3. The van der Waals surface area contributed by atoms with Crippen LogP contribution in [0.1, 0.15) is 36.8 Å². The Hall–Kier alpha value is -1.56. The lowest BCUT2D eigenvalue weighted by Gasteiger charge is -2.22. The topological polar surface area (TPSA) is 41.1 Å². The van der Waals surface area contributed by atoms with Gasteiger partial charge in [-0.1, -0.05) is 18.6 Å². The highest BCUT2D eigenvalue weighted by Gasteiger charge is 2.30. The van der Waals surface area contributed by atoms with Crippen LogP contribution < -0.4 is 10.6 Å². The van der Waals surface area contributed by atoms with Gasteiger partial charge in [0.05, 0.1) is 5.56 Å². The van der Waals surface area contributed by atoms with Gasteiger partial charge < -0.3 is 10.6 Å². The van der Waals surface area contributed by atoms with Crippen molar-refractivity contribution in [1.29, 1.82) is 0 Å². The number of nitrogens with one attached hydrogen (secondary N) is 2.